The molecule has 2 heteroatoms. The van der Waals surface area contributed by atoms with Gasteiger partial charge in [0.2, 0.25) is 0 Å². The molecule has 14 heavy (non-hydrogen) atoms. The lowest BCUT2D eigenvalue weighted by atomic mass is 10.1. The summed E-state index contributed by atoms with van der Waals surface area (Å²) in [4.78, 5) is 4.36. The average molecular weight is 192 g/mol. The van der Waals surface area contributed by atoms with Crippen LogP contribution in [0.4, 0.5) is 0 Å². The fourth-order valence-corrected chi connectivity index (χ4v) is 1.52. The number of rotatable bonds is 5. The predicted molar refractivity (Wildman–Crippen MR) is 60.2 cm³/mol. The Hall–Kier alpha value is -0.890. The first-order valence-electron chi connectivity index (χ1n) is 5.41. The van der Waals surface area contributed by atoms with E-state index >= 15 is 0 Å². The molecular formula is C12H20N2. The van der Waals surface area contributed by atoms with Gasteiger partial charge in [0, 0.05) is 18.8 Å². The Balaban J connectivity index is 2.49. The minimum Gasteiger partial charge on any atom is -0.308 e. The second-order valence-corrected chi connectivity index (χ2v) is 3.66. The Bertz CT molecular complexity index is 267. The van der Waals surface area contributed by atoms with Crippen molar-refractivity contribution < 1.29 is 0 Å². The molecule has 0 aliphatic rings. The largest absolute Gasteiger partial charge is 0.308 e. The molecule has 1 rings (SSSR count). The quantitative estimate of drug-likeness (QED) is 0.775. The summed E-state index contributed by atoms with van der Waals surface area (Å²) in [5.74, 6) is 0. The van der Waals surface area contributed by atoms with E-state index in [0.29, 0.717) is 6.04 Å². The lowest BCUT2D eigenvalue weighted by Gasteiger charge is -2.14. The minimum atomic E-state index is 0.622. The standard InChI is InChI=1S/C12H20N2/c1-4-11(5-2)14-9-12-10(3)7-6-8-13-12/h6-8,11,14H,4-5,9H2,1-3H3. The van der Waals surface area contributed by atoms with Crippen LogP contribution in [0, 0.1) is 6.92 Å². The van der Waals surface area contributed by atoms with Crippen molar-refractivity contribution >= 4 is 0 Å². The Morgan fingerprint density at radius 1 is 1.36 bits per heavy atom. The van der Waals surface area contributed by atoms with Gasteiger partial charge in [-0.15, -0.1) is 0 Å². The molecule has 1 aromatic heterocycles. The predicted octanol–water partition coefficient (Wildman–Crippen LogP) is 2.67. The van der Waals surface area contributed by atoms with E-state index in [0.717, 1.165) is 6.54 Å². The van der Waals surface area contributed by atoms with Gasteiger partial charge < -0.3 is 5.32 Å². The maximum atomic E-state index is 4.36. The van der Waals surface area contributed by atoms with Gasteiger partial charge in [0.25, 0.3) is 0 Å². The first-order valence-corrected chi connectivity index (χ1v) is 5.41. The number of nitrogens with one attached hydrogen (secondary N) is 1. The van der Waals surface area contributed by atoms with Crippen molar-refractivity contribution in [2.75, 3.05) is 0 Å². The van der Waals surface area contributed by atoms with Crippen molar-refractivity contribution in [3.05, 3.63) is 29.6 Å². The number of hydrogen-bond acceptors (Lipinski definition) is 2. The highest BCUT2D eigenvalue weighted by atomic mass is 14.9. The third kappa shape index (κ3) is 3.11. The summed E-state index contributed by atoms with van der Waals surface area (Å²) in [5, 5.41) is 3.51. The van der Waals surface area contributed by atoms with Crippen LogP contribution < -0.4 is 5.32 Å². The van der Waals surface area contributed by atoms with E-state index in [9.17, 15) is 0 Å². The molecule has 0 atom stereocenters. The molecule has 0 aromatic carbocycles. The molecule has 0 aliphatic carbocycles. The Morgan fingerprint density at radius 2 is 2.07 bits per heavy atom. The zero-order valence-electron chi connectivity index (χ0n) is 9.38. The van der Waals surface area contributed by atoms with E-state index in [2.05, 4.69) is 37.1 Å². The Labute approximate surface area is 86.8 Å². The Morgan fingerprint density at radius 3 is 2.64 bits per heavy atom. The molecule has 1 heterocycles. The van der Waals surface area contributed by atoms with Crippen LogP contribution in [0.1, 0.15) is 37.9 Å². The fourth-order valence-electron chi connectivity index (χ4n) is 1.52. The van der Waals surface area contributed by atoms with E-state index in [4.69, 9.17) is 0 Å². The normalized spacial score (nSPS) is 10.9. The van der Waals surface area contributed by atoms with Crippen LogP contribution >= 0.6 is 0 Å². The first kappa shape index (κ1) is 11.2. The topological polar surface area (TPSA) is 24.9 Å². The van der Waals surface area contributed by atoms with Crippen molar-refractivity contribution in [2.45, 2.75) is 46.2 Å². The molecule has 0 aliphatic heterocycles. The van der Waals surface area contributed by atoms with Gasteiger partial charge in [0.05, 0.1) is 5.69 Å². The van der Waals surface area contributed by atoms with Crippen molar-refractivity contribution in [1.29, 1.82) is 0 Å². The molecule has 0 saturated carbocycles. The summed E-state index contributed by atoms with van der Waals surface area (Å²) in [5.41, 5.74) is 2.44. The van der Waals surface area contributed by atoms with E-state index in [1.54, 1.807) is 0 Å². The molecule has 0 amide bonds. The van der Waals surface area contributed by atoms with Crippen molar-refractivity contribution in [1.82, 2.24) is 10.3 Å². The molecular weight excluding hydrogens is 172 g/mol. The second-order valence-electron chi connectivity index (χ2n) is 3.66. The van der Waals surface area contributed by atoms with Gasteiger partial charge in [0.1, 0.15) is 0 Å². The number of aromatic nitrogens is 1. The van der Waals surface area contributed by atoms with Crippen LogP contribution in [-0.2, 0) is 6.54 Å². The molecule has 1 aromatic rings. The highest BCUT2D eigenvalue weighted by molar-refractivity contribution is 5.17. The SMILES string of the molecule is CCC(CC)NCc1ncccc1C. The maximum absolute atomic E-state index is 4.36. The van der Waals surface area contributed by atoms with Gasteiger partial charge in [0.15, 0.2) is 0 Å². The third-order valence-electron chi connectivity index (χ3n) is 2.66. The monoisotopic (exact) mass is 192 g/mol. The smallest absolute Gasteiger partial charge is 0.0570 e. The Kier molecular flexibility index (Phi) is 4.60. The fraction of sp³-hybridized carbons (Fsp3) is 0.583. The zero-order valence-corrected chi connectivity index (χ0v) is 9.38. The summed E-state index contributed by atoms with van der Waals surface area (Å²) in [6.45, 7) is 7.43. The summed E-state index contributed by atoms with van der Waals surface area (Å²) in [7, 11) is 0. The highest BCUT2D eigenvalue weighted by Crippen LogP contribution is 2.04. The van der Waals surface area contributed by atoms with Gasteiger partial charge in [-0.25, -0.2) is 0 Å². The van der Waals surface area contributed by atoms with E-state index in [1.807, 2.05) is 12.3 Å². The molecule has 0 spiro atoms. The van der Waals surface area contributed by atoms with Crippen LogP contribution in [0.5, 0.6) is 0 Å². The molecule has 78 valence electrons. The number of nitrogens with zero attached hydrogens (tertiary/aromatic N) is 1. The zero-order chi connectivity index (χ0) is 10.4. The third-order valence-corrected chi connectivity index (χ3v) is 2.66. The van der Waals surface area contributed by atoms with Crippen LogP contribution in [0.25, 0.3) is 0 Å². The first-order chi connectivity index (χ1) is 6.77. The summed E-state index contributed by atoms with van der Waals surface area (Å²) in [6.07, 6.45) is 4.22. The molecule has 0 bridgehead atoms. The summed E-state index contributed by atoms with van der Waals surface area (Å²) < 4.78 is 0. The highest BCUT2D eigenvalue weighted by Gasteiger charge is 2.03. The second kappa shape index (κ2) is 5.76. The molecule has 2 nitrogen and oxygen atoms in total. The number of hydrogen-bond donors (Lipinski definition) is 1. The summed E-state index contributed by atoms with van der Waals surface area (Å²) >= 11 is 0. The van der Waals surface area contributed by atoms with Crippen LogP contribution in [0.2, 0.25) is 0 Å². The van der Waals surface area contributed by atoms with Crippen molar-refractivity contribution in [3.63, 3.8) is 0 Å². The molecule has 0 saturated heterocycles. The van der Waals surface area contributed by atoms with Gasteiger partial charge in [-0.2, -0.15) is 0 Å². The summed E-state index contributed by atoms with van der Waals surface area (Å²) in [6, 6.07) is 4.71. The van der Waals surface area contributed by atoms with E-state index in [-0.39, 0.29) is 0 Å². The number of aryl methyl sites for hydroxylation is 1. The van der Waals surface area contributed by atoms with Gasteiger partial charge >= 0.3 is 0 Å². The number of pyridine rings is 1. The minimum absolute atomic E-state index is 0.622. The van der Waals surface area contributed by atoms with E-state index in [1.165, 1.54) is 24.1 Å². The average Bonchev–Trinajstić information content (AvgIpc) is 2.22. The molecule has 0 radical (unpaired) electrons. The van der Waals surface area contributed by atoms with Gasteiger partial charge in [-0.1, -0.05) is 19.9 Å². The molecule has 0 unspecified atom stereocenters. The van der Waals surface area contributed by atoms with Gasteiger partial charge in [-0.05, 0) is 31.4 Å². The van der Waals surface area contributed by atoms with E-state index < -0.39 is 0 Å². The molecule has 0 fully saturated rings. The van der Waals surface area contributed by atoms with Crippen LogP contribution in [-0.4, -0.2) is 11.0 Å². The molecule has 1 N–H and O–H groups in total. The lowest BCUT2D eigenvalue weighted by molar-refractivity contribution is 0.480. The lowest BCUT2D eigenvalue weighted by Crippen LogP contribution is -2.27. The van der Waals surface area contributed by atoms with Crippen molar-refractivity contribution in [3.8, 4) is 0 Å². The van der Waals surface area contributed by atoms with Crippen molar-refractivity contribution in [2.24, 2.45) is 0 Å². The maximum Gasteiger partial charge on any atom is 0.0570 e. The van der Waals surface area contributed by atoms with Crippen LogP contribution in [0.3, 0.4) is 0 Å². The van der Waals surface area contributed by atoms with Crippen LogP contribution in [0.15, 0.2) is 18.3 Å². The van der Waals surface area contributed by atoms with Gasteiger partial charge in [-0.3, -0.25) is 4.98 Å².